The van der Waals surface area contributed by atoms with Crippen LogP contribution in [0.4, 0.5) is 11.4 Å². The van der Waals surface area contributed by atoms with Gasteiger partial charge < -0.3 is 10.3 Å². The molecule has 0 atom stereocenters. The van der Waals surface area contributed by atoms with Gasteiger partial charge in [0.25, 0.3) is 10.0 Å². The molecule has 1 heterocycles. The number of nitrogens with one attached hydrogen (secondary N) is 1. The van der Waals surface area contributed by atoms with E-state index in [1.807, 2.05) is 0 Å². The number of halogens is 1. The van der Waals surface area contributed by atoms with Crippen molar-refractivity contribution in [2.24, 2.45) is 7.05 Å². The van der Waals surface area contributed by atoms with Crippen LogP contribution in [-0.2, 0) is 17.1 Å². The number of imidazole rings is 1. The summed E-state index contributed by atoms with van der Waals surface area (Å²) in [7, 11) is -2.00. The number of nitrogen functional groups attached to an aromatic ring is 1. The summed E-state index contributed by atoms with van der Waals surface area (Å²) in [6.45, 7) is 1.72. The fourth-order valence-corrected chi connectivity index (χ4v) is 2.68. The molecule has 2 rings (SSSR count). The number of rotatable bonds is 3. The molecular weight excluding hydrogens is 288 g/mol. The molecule has 0 fully saturated rings. The van der Waals surface area contributed by atoms with Gasteiger partial charge in [-0.15, -0.1) is 0 Å². The molecule has 0 saturated heterocycles. The molecule has 0 saturated carbocycles. The van der Waals surface area contributed by atoms with Gasteiger partial charge in [0.1, 0.15) is 5.82 Å². The predicted molar refractivity (Wildman–Crippen MR) is 74.6 cm³/mol. The van der Waals surface area contributed by atoms with Gasteiger partial charge in [0.2, 0.25) is 0 Å². The van der Waals surface area contributed by atoms with E-state index < -0.39 is 10.0 Å². The number of nitrogens with zero attached hydrogens (tertiary/aromatic N) is 2. The van der Waals surface area contributed by atoms with Gasteiger partial charge in [0, 0.05) is 13.2 Å². The van der Waals surface area contributed by atoms with Crippen molar-refractivity contribution in [3.63, 3.8) is 0 Å². The Labute approximate surface area is 116 Å². The summed E-state index contributed by atoms with van der Waals surface area (Å²) >= 11 is 5.78. The quantitative estimate of drug-likeness (QED) is 0.845. The zero-order valence-electron chi connectivity index (χ0n) is 10.4. The number of nitrogens with two attached hydrogens (primary N) is 1. The first kappa shape index (κ1) is 13.7. The molecule has 1 aromatic heterocycles. The number of aromatic nitrogens is 2. The van der Waals surface area contributed by atoms with Gasteiger partial charge >= 0.3 is 0 Å². The van der Waals surface area contributed by atoms with Crippen molar-refractivity contribution in [2.75, 3.05) is 10.5 Å². The van der Waals surface area contributed by atoms with Crippen LogP contribution in [0.1, 0.15) is 5.82 Å². The minimum absolute atomic E-state index is 0.0407. The smallest absolute Gasteiger partial charge is 0.280 e. The Hall–Kier alpha value is -1.73. The highest BCUT2D eigenvalue weighted by Gasteiger charge is 2.18. The monoisotopic (exact) mass is 300 g/mol. The normalized spacial score (nSPS) is 11.5. The Morgan fingerprint density at radius 3 is 2.63 bits per heavy atom. The maximum absolute atomic E-state index is 12.1. The van der Waals surface area contributed by atoms with Crippen molar-refractivity contribution >= 4 is 33.0 Å². The molecule has 2 aromatic rings. The summed E-state index contributed by atoms with van der Waals surface area (Å²) < 4.78 is 28.2. The van der Waals surface area contributed by atoms with E-state index in [9.17, 15) is 8.42 Å². The lowest BCUT2D eigenvalue weighted by Gasteiger charge is -2.07. The van der Waals surface area contributed by atoms with Crippen molar-refractivity contribution in [2.45, 2.75) is 11.9 Å². The highest BCUT2D eigenvalue weighted by Crippen LogP contribution is 2.24. The maximum atomic E-state index is 12.1. The van der Waals surface area contributed by atoms with E-state index in [1.165, 1.54) is 24.4 Å². The number of hydrogen-bond acceptors (Lipinski definition) is 4. The van der Waals surface area contributed by atoms with Crippen LogP contribution in [0.25, 0.3) is 0 Å². The average molecular weight is 301 g/mol. The molecule has 6 nitrogen and oxygen atoms in total. The summed E-state index contributed by atoms with van der Waals surface area (Å²) in [6, 6.07) is 4.51. The van der Waals surface area contributed by atoms with Crippen molar-refractivity contribution < 1.29 is 8.42 Å². The van der Waals surface area contributed by atoms with Gasteiger partial charge in [-0.05, 0) is 25.1 Å². The minimum atomic E-state index is -3.73. The van der Waals surface area contributed by atoms with Gasteiger partial charge in [0.15, 0.2) is 5.03 Å². The molecule has 0 aliphatic carbocycles. The highest BCUT2D eigenvalue weighted by molar-refractivity contribution is 7.92. The van der Waals surface area contributed by atoms with Crippen LogP contribution in [0.15, 0.2) is 29.4 Å². The van der Waals surface area contributed by atoms with E-state index in [2.05, 4.69) is 9.71 Å². The fourth-order valence-electron chi connectivity index (χ4n) is 1.47. The van der Waals surface area contributed by atoms with E-state index in [4.69, 9.17) is 17.3 Å². The standard InChI is InChI=1S/C11H13ClN4O2S/c1-7-14-11(6-16(7)2)19(17,18)15-8-3-4-9(12)10(13)5-8/h3-6,15H,13H2,1-2H3. The first-order valence-corrected chi connectivity index (χ1v) is 7.23. The van der Waals surface area contributed by atoms with E-state index in [1.54, 1.807) is 18.5 Å². The van der Waals surface area contributed by atoms with Gasteiger partial charge in [-0.3, -0.25) is 4.72 Å². The van der Waals surface area contributed by atoms with Crippen LogP contribution >= 0.6 is 11.6 Å². The van der Waals surface area contributed by atoms with Gasteiger partial charge in [-0.25, -0.2) is 4.98 Å². The van der Waals surface area contributed by atoms with E-state index in [-0.39, 0.29) is 5.03 Å². The summed E-state index contributed by atoms with van der Waals surface area (Å²) in [5.41, 5.74) is 6.26. The van der Waals surface area contributed by atoms with Crippen molar-refractivity contribution in [3.8, 4) is 0 Å². The van der Waals surface area contributed by atoms with Crippen molar-refractivity contribution in [1.29, 1.82) is 0 Å². The predicted octanol–water partition coefficient (Wildman–Crippen LogP) is 1.76. The van der Waals surface area contributed by atoms with E-state index >= 15 is 0 Å². The number of aryl methyl sites for hydroxylation is 2. The van der Waals surface area contributed by atoms with E-state index in [0.29, 0.717) is 22.2 Å². The summed E-state index contributed by atoms with van der Waals surface area (Å²) in [6.07, 6.45) is 1.44. The molecule has 0 aliphatic heterocycles. The molecule has 19 heavy (non-hydrogen) atoms. The molecule has 8 heteroatoms. The second-order valence-corrected chi connectivity index (χ2v) is 6.12. The molecule has 102 valence electrons. The number of anilines is 2. The van der Waals surface area contributed by atoms with Gasteiger partial charge in [-0.1, -0.05) is 11.6 Å². The number of sulfonamides is 1. The fraction of sp³-hybridized carbons (Fsp3) is 0.182. The lowest BCUT2D eigenvalue weighted by Crippen LogP contribution is -2.13. The minimum Gasteiger partial charge on any atom is -0.397 e. The summed E-state index contributed by atoms with van der Waals surface area (Å²) in [5.74, 6) is 0.607. The van der Waals surface area contributed by atoms with Crippen LogP contribution in [0.2, 0.25) is 5.02 Å². The average Bonchev–Trinajstić information content (AvgIpc) is 2.65. The number of benzene rings is 1. The molecule has 0 radical (unpaired) electrons. The SMILES string of the molecule is Cc1nc(S(=O)(=O)Nc2ccc(Cl)c(N)c2)cn1C. The number of hydrogen-bond donors (Lipinski definition) is 2. The first-order chi connectivity index (χ1) is 8.79. The van der Waals surface area contributed by atoms with Gasteiger partial charge in [0.05, 0.1) is 16.4 Å². The summed E-state index contributed by atoms with van der Waals surface area (Å²) in [4.78, 5) is 3.97. The third-order valence-electron chi connectivity index (χ3n) is 2.61. The Bertz CT molecular complexity index is 705. The summed E-state index contributed by atoms with van der Waals surface area (Å²) in [5, 5.41) is 0.331. The van der Waals surface area contributed by atoms with Crippen LogP contribution in [0, 0.1) is 6.92 Å². The Kier molecular flexibility index (Phi) is 3.42. The molecule has 1 aromatic carbocycles. The second-order valence-electron chi connectivity index (χ2n) is 4.08. The van der Waals surface area contributed by atoms with Crippen molar-refractivity contribution in [1.82, 2.24) is 9.55 Å². The largest absolute Gasteiger partial charge is 0.397 e. The molecule has 0 bridgehead atoms. The van der Waals surface area contributed by atoms with Gasteiger partial charge in [-0.2, -0.15) is 8.42 Å². The first-order valence-electron chi connectivity index (χ1n) is 5.37. The molecule has 0 unspecified atom stereocenters. The molecule has 3 N–H and O–H groups in total. The Morgan fingerprint density at radius 2 is 2.11 bits per heavy atom. The lowest BCUT2D eigenvalue weighted by atomic mass is 10.3. The van der Waals surface area contributed by atoms with Crippen LogP contribution in [0.5, 0.6) is 0 Å². The third kappa shape index (κ3) is 2.82. The molecular formula is C11H13ClN4O2S. The van der Waals surface area contributed by atoms with Crippen LogP contribution in [0.3, 0.4) is 0 Å². The molecule has 0 amide bonds. The second kappa shape index (κ2) is 4.75. The van der Waals surface area contributed by atoms with E-state index in [0.717, 1.165) is 0 Å². The van der Waals surface area contributed by atoms with Crippen LogP contribution < -0.4 is 10.5 Å². The van der Waals surface area contributed by atoms with Crippen LogP contribution in [-0.4, -0.2) is 18.0 Å². The zero-order chi connectivity index (χ0) is 14.2. The zero-order valence-corrected chi connectivity index (χ0v) is 12.0. The third-order valence-corrected chi connectivity index (χ3v) is 4.21. The maximum Gasteiger partial charge on any atom is 0.280 e. The molecule has 0 spiro atoms. The highest BCUT2D eigenvalue weighted by atomic mass is 35.5. The lowest BCUT2D eigenvalue weighted by molar-refractivity contribution is 0.598. The topological polar surface area (TPSA) is 90.0 Å². The Morgan fingerprint density at radius 1 is 1.42 bits per heavy atom. The molecule has 0 aliphatic rings. The van der Waals surface area contributed by atoms with Crippen molar-refractivity contribution in [3.05, 3.63) is 35.2 Å². The Balaban J connectivity index is 2.33.